The SMILES string of the molecule is CCC(NC)c1ccc(-c2ccc(C)c(C)c2)o1. The van der Waals surface area contributed by atoms with E-state index in [2.05, 4.69) is 56.4 Å². The summed E-state index contributed by atoms with van der Waals surface area (Å²) in [7, 11) is 1.96. The summed E-state index contributed by atoms with van der Waals surface area (Å²) >= 11 is 0. The van der Waals surface area contributed by atoms with E-state index in [1.54, 1.807) is 0 Å². The van der Waals surface area contributed by atoms with E-state index in [9.17, 15) is 0 Å². The molecule has 0 aliphatic heterocycles. The number of furan rings is 1. The Labute approximate surface area is 109 Å². The maximum Gasteiger partial charge on any atom is 0.134 e. The number of hydrogen-bond donors (Lipinski definition) is 1. The van der Waals surface area contributed by atoms with Crippen LogP contribution in [0.2, 0.25) is 0 Å². The van der Waals surface area contributed by atoms with Crippen molar-refractivity contribution in [1.82, 2.24) is 5.32 Å². The summed E-state index contributed by atoms with van der Waals surface area (Å²) in [6.45, 7) is 6.41. The van der Waals surface area contributed by atoms with Crippen LogP contribution < -0.4 is 5.32 Å². The molecule has 18 heavy (non-hydrogen) atoms. The predicted octanol–water partition coefficient (Wildman–Crippen LogP) is 4.23. The lowest BCUT2D eigenvalue weighted by Crippen LogP contribution is -2.14. The first-order valence-corrected chi connectivity index (χ1v) is 6.50. The Hall–Kier alpha value is -1.54. The molecule has 1 unspecified atom stereocenters. The number of rotatable bonds is 4. The zero-order valence-corrected chi connectivity index (χ0v) is 11.6. The minimum atomic E-state index is 0.297. The lowest BCUT2D eigenvalue weighted by Gasteiger charge is -2.10. The van der Waals surface area contributed by atoms with Crippen LogP contribution in [0.25, 0.3) is 11.3 Å². The number of benzene rings is 1. The molecule has 1 aromatic heterocycles. The van der Waals surface area contributed by atoms with Crippen molar-refractivity contribution in [3.8, 4) is 11.3 Å². The van der Waals surface area contributed by atoms with Crippen molar-refractivity contribution < 1.29 is 4.42 Å². The minimum absolute atomic E-state index is 0.297. The highest BCUT2D eigenvalue weighted by atomic mass is 16.3. The average Bonchev–Trinajstić information content (AvgIpc) is 2.84. The highest BCUT2D eigenvalue weighted by molar-refractivity contribution is 5.59. The first-order valence-electron chi connectivity index (χ1n) is 6.50. The third-order valence-electron chi connectivity index (χ3n) is 3.52. The van der Waals surface area contributed by atoms with E-state index in [1.165, 1.54) is 11.1 Å². The molecule has 1 aromatic carbocycles. The molecule has 1 heterocycles. The molecule has 2 rings (SSSR count). The van der Waals surface area contributed by atoms with E-state index in [4.69, 9.17) is 4.42 Å². The zero-order chi connectivity index (χ0) is 13.1. The van der Waals surface area contributed by atoms with Crippen molar-refractivity contribution in [3.05, 3.63) is 47.2 Å². The second kappa shape index (κ2) is 5.40. The monoisotopic (exact) mass is 243 g/mol. The van der Waals surface area contributed by atoms with E-state index in [1.807, 2.05) is 7.05 Å². The van der Waals surface area contributed by atoms with E-state index in [0.29, 0.717) is 6.04 Å². The smallest absolute Gasteiger partial charge is 0.134 e. The van der Waals surface area contributed by atoms with Crippen LogP contribution >= 0.6 is 0 Å². The van der Waals surface area contributed by atoms with Crippen LogP contribution in [-0.2, 0) is 0 Å². The highest BCUT2D eigenvalue weighted by Crippen LogP contribution is 2.27. The van der Waals surface area contributed by atoms with Crippen LogP contribution in [0.1, 0.15) is 36.3 Å². The van der Waals surface area contributed by atoms with Gasteiger partial charge < -0.3 is 9.73 Å². The van der Waals surface area contributed by atoms with Gasteiger partial charge in [-0.05, 0) is 56.6 Å². The summed E-state index contributed by atoms with van der Waals surface area (Å²) in [5.74, 6) is 1.95. The molecule has 0 saturated heterocycles. The fourth-order valence-corrected chi connectivity index (χ4v) is 2.14. The Balaban J connectivity index is 2.31. The lowest BCUT2D eigenvalue weighted by atomic mass is 10.1. The van der Waals surface area contributed by atoms with Gasteiger partial charge in [-0.15, -0.1) is 0 Å². The maximum atomic E-state index is 5.95. The van der Waals surface area contributed by atoms with Gasteiger partial charge in [0.2, 0.25) is 0 Å². The summed E-state index contributed by atoms with van der Waals surface area (Å²) in [6.07, 6.45) is 1.02. The maximum absolute atomic E-state index is 5.95. The van der Waals surface area contributed by atoms with Crippen molar-refractivity contribution in [3.63, 3.8) is 0 Å². The largest absolute Gasteiger partial charge is 0.459 e. The Morgan fingerprint density at radius 1 is 1.11 bits per heavy atom. The standard InChI is InChI=1S/C16H21NO/c1-5-14(17-4)16-9-8-15(18-16)13-7-6-11(2)12(3)10-13/h6-10,14,17H,5H2,1-4H3. The lowest BCUT2D eigenvalue weighted by molar-refractivity contribution is 0.431. The van der Waals surface area contributed by atoms with Gasteiger partial charge in [0.25, 0.3) is 0 Å². The molecule has 0 bridgehead atoms. The number of aryl methyl sites for hydroxylation is 2. The molecule has 1 atom stereocenters. The van der Waals surface area contributed by atoms with Gasteiger partial charge in [-0.1, -0.05) is 19.1 Å². The Bertz CT molecular complexity index is 524. The molecule has 2 nitrogen and oxygen atoms in total. The van der Waals surface area contributed by atoms with Gasteiger partial charge >= 0.3 is 0 Å². The zero-order valence-electron chi connectivity index (χ0n) is 11.6. The Morgan fingerprint density at radius 2 is 1.89 bits per heavy atom. The minimum Gasteiger partial charge on any atom is -0.459 e. The van der Waals surface area contributed by atoms with Crippen LogP contribution in [0.4, 0.5) is 0 Å². The summed E-state index contributed by atoms with van der Waals surface area (Å²) in [5, 5.41) is 3.26. The van der Waals surface area contributed by atoms with Crippen LogP contribution in [0, 0.1) is 13.8 Å². The summed E-state index contributed by atoms with van der Waals surface area (Å²) < 4.78 is 5.95. The quantitative estimate of drug-likeness (QED) is 0.869. The Morgan fingerprint density at radius 3 is 2.50 bits per heavy atom. The summed E-state index contributed by atoms with van der Waals surface area (Å²) in [5.41, 5.74) is 3.76. The molecule has 0 amide bonds. The molecule has 0 aliphatic carbocycles. The molecule has 0 aliphatic rings. The van der Waals surface area contributed by atoms with E-state index >= 15 is 0 Å². The average molecular weight is 243 g/mol. The molecule has 96 valence electrons. The molecule has 0 radical (unpaired) electrons. The van der Waals surface area contributed by atoms with Gasteiger partial charge in [-0.2, -0.15) is 0 Å². The van der Waals surface area contributed by atoms with Gasteiger partial charge in [-0.3, -0.25) is 0 Å². The van der Waals surface area contributed by atoms with Crippen LogP contribution in [0.15, 0.2) is 34.7 Å². The van der Waals surface area contributed by atoms with E-state index < -0.39 is 0 Å². The third-order valence-corrected chi connectivity index (χ3v) is 3.52. The fraction of sp³-hybridized carbons (Fsp3) is 0.375. The molecular formula is C16H21NO. The van der Waals surface area contributed by atoms with Crippen molar-refractivity contribution in [2.75, 3.05) is 7.05 Å². The molecule has 2 aromatic rings. The number of nitrogens with one attached hydrogen (secondary N) is 1. The summed E-state index contributed by atoms with van der Waals surface area (Å²) in [4.78, 5) is 0. The predicted molar refractivity (Wildman–Crippen MR) is 75.7 cm³/mol. The van der Waals surface area contributed by atoms with Gasteiger partial charge in [-0.25, -0.2) is 0 Å². The first-order chi connectivity index (χ1) is 8.65. The second-order valence-corrected chi connectivity index (χ2v) is 4.75. The topological polar surface area (TPSA) is 25.2 Å². The van der Waals surface area contributed by atoms with Crippen LogP contribution in [-0.4, -0.2) is 7.05 Å². The third kappa shape index (κ3) is 2.49. The van der Waals surface area contributed by atoms with E-state index in [0.717, 1.165) is 23.5 Å². The van der Waals surface area contributed by atoms with Gasteiger partial charge in [0.05, 0.1) is 6.04 Å². The van der Waals surface area contributed by atoms with Gasteiger partial charge in [0.1, 0.15) is 11.5 Å². The number of hydrogen-bond acceptors (Lipinski definition) is 2. The van der Waals surface area contributed by atoms with Crippen molar-refractivity contribution >= 4 is 0 Å². The highest BCUT2D eigenvalue weighted by Gasteiger charge is 2.12. The summed E-state index contributed by atoms with van der Waals surface area (Å²) in [6, 6.07) is 10.9. The van der Waals surface area contributed by atoms with Crippen molar-refractivity contribution in [2.24, 2.45) is 0 Å². The molecule has 0 fully saturated rings. The van der Waals surface area contributed by atoms with Crippen molar-refractivity contribution in [1.29, 1.82) is 0 Å². The fourth-order valence-electron chi connectivity index (χ4n) is 2.14. The van der Waals surface area contributed by atoms with Gasteiger partial charge in [0.15, 0.2) is 0 Å². The first kappa shape index (κ1) is 12.9. The molecular weight excluding hydrogens is 222 g/mol. The van der Waals surface area contributed by atoms with Gasteiger partial charge in [0, 0.05) is 5.56 Å². The van der Waals surface area contributed by atoms with Crippen molar-refractivity contribution in [2.45, 2.75) is 33.2 Å². The van der Waals surface area contributed by atoms with Crippen LogP contribution in [0.5, 0.6) is 0 Å². The molecule has 0 saturated carbocycles. The van der Waals surface area contributed by atoms with Crippen LogP contribution in [0.3, 0.4) is 0 Å². The normalized spacial score (nSPS) is 12.7. The molecule has 1 N–H and O–H groups in total. The van der Waals surface area contributed by atoms with E-state index in [-0.39, 0.29) is 0 Å². The Kier molecular flexibility index (Phi) is 3.87. The molecule has 0 spiro atoms. The second-order valence-electron chi connectivity index (χ2n) is 4.75. The molecule has 2 heteroatoms.